The van der Waals surface area contributed by atoms with Crippen LogP contribution < -0.4 is 80.4 Å². The van der Waals surface area contributed by atoms with Crippen molar-refractivity contribution in [2.24, 2.45) is 0 Å². The third kappa shape index (κ3) is 10.2. The van der Waals surface area contributed by atoms with Gasteiger partial charge in [0, 0.05) is 0 Å². The molecular formula is C27H33N9Na2O16P2. The molecule has 0 radical (unpaired) electrons. The molecule has 56 heavy (non-hydrogen) atoms. The van der Waals surface area contributed by atoms with Gasteiger partial charge in [-0.2, -0.15) is 0 Å². The first-order valence-electron chi connectivity index (χ1n) is 15.4. The fourth-order valence-electron chi connectivity index (χ4n) is 5.51. The maximum Gasteiger partial charge on any atom is 1.00 e. The van der Waals surface area contributed by atoms with Crippen LogP contribution in [0.4, 0.5) is 5.82 Å². The third-order valence-electron chi connectivity index (χ3n) is 8.35. The van der Waals surface area contributed by atoms with Crippen molar-refractivity contribution < 1.29 is 132 Å². The number of aliphatic hydroxyl groups is 5. The molecule has 3 aliphatic heterocycles. The molecule has 1 saturated heterocycles. The van der Waals surface area contributed by atoms with Gasteiger partial charge in [-0.15, -0.1) is 0 Å². The molecule has 1 fully saturated rings. The minimum Gasteiger partial charge on any atom is -0.844 e. The van der Waals surface area contributed by atoms with E-state index >= 15 is 0 Å². The Hall–Kier alpha value is -2.17. The molecule has 3 aliphatic rings. The Balaban J connectivity index is 0.00000280. The van der Waals surface area contributed by atoms with E-state index in [1.54, 1.807) is 26.0 Å². The van der Waals surface area contributed by atoms with Crippen LogP contribution in [0.2, 0.25) is 0 Å². The first-order valence-corrected chi connectivity index (χ1v) is 18.3. The van der Waals surface area contributed by atoms with E-state index in [0.717, 1.165) is 17.5 Å². The van der Waals surface area contributed by atoms with E-state index in [2.05, 4.69) is 43.3 Å². The minimum absolute atomic E-state index is 0. The summed E-state index contributed by atoms with van der Waals surface area (Å²) < 4.78 is 46.1. The SMILES string of the molecule is Cc1cc2nc3c(=O)nc([O-])nc-3n(C[C@H](O)[C@H](O)[C@H](O)COP(=O)([O-])OP(=O)(O)OC[C@H]3O[C@H](n4cnc5c(N)ncnc54)[C@H](O)[C@@H]3O)c2cc1C.O.[Na+].[Na+]. The maximum atomic E-state index is 12.5. The standard InChI is InChI=1S/C27H33N9O15P2.2Na.H2O/c1-10-3-12-13(4-11(10)2)35(24-18(32-12)25(42)34-27(43)33-24)5-14(37)19(39)15(38)6-48-52(44,45)51-53(46,47)49-7-16-20(40)21(41)26(50-16)36-9-31-17-22(28)29-8-30-23(17)36;;;/h3-4,8-9,14-16,19-21,26,37-41H,5-7H2,1-2H3,(H,44,45)(H,46,47)(H2,28,29,30)(H,34,42,43);;;1H2/q;2*+1;/p-2/t14-,15+,16+,19-,20+,21+,26-;;;/m0.../s1. The number of phosphoric ester groups is 2. The van der Waals surface area contributed by atoms with Gasteiger partial charge in [0.25, 0.3) is 13.4 Å². The average molecular weight is 848 g/mol. The number of nitrogens with two attached hydrogens (primary N) is 1. The van der Waals surface area contributed by atoms with Crippen LogP contribution in [0.25, 0.3) is 33.7 Å². The topological polar surface area (TPSA) is 400 Å². The normalized spacial score (nSPS) is 22.0. The summed E-state index contributed by atoms with van der Waals surface area (Å²) in [4.78, 5) is 57.9. The zero-order chi connectivity index (χ0) is 38.6. The van der Waals surface area contributed by atoms with E-state index < -0.39 is 89.8 Å². The second-order valence-electron chi connectivity index (χ2n) is 12.0. The molecule has 0 bridgehead atoms. The number of rotatable bonds is 13. The van der Waals surface area contributed by atoms with Gasteiger partial charge in [-0.1, -0.05) is 0 Å². The van der Waals surface area contributed by atoms with E-state index in [-0.39, 0.29) is 104 Å². The molecule has 25 nitrogen and oxygen atoms in total. The summed E-state index contributed by atoms with van der Waals surface area (Å²) in [6.07, 6.45) is -10.1. The van der Waals surface area contributed by atoms with E-state index in [0.29, 0.717) is 0 Å². The number of nitrogen functional groups attached to an aromatic ring is 1. The van der Waals surface area contributed by atoms with Crippen molar-refractivity contribution in [1.29, 1.82) is 0 Å². The van der Waals surface area contributed by atoms with Gasteiger partial charge in [0.2, 0.25) is 0 Å². The van der Waals surface area contributed by atoms with Crippen molar-refractivity contribution in [2.45, 2.75) is 63.2 Å². The molecule has 0 aliphatic carbocycles. The Morgan fingerprint density at radius 1 is 1.00 bits per heavy atom. The third-order valence-corrected chi connectivity index (χ3v) is 10.9. The summed E-state index contributed by atoms with van der Waals surface area (Å²) in [6.45, 7) is 0.643. The Morgan fingerprint density at radius 2 is 1.68 bits per heavy atom. The molecule has 2 aromatic heterocycles. The van der Waals surface area contributed by atoms with Crippen molar-refractivity contribution in [3.05, 3.63) is 46.3 Å². The largest absolute Gasteiger partial charge is 1.00 e. The second-order valence-corrected chi connectivity index (χ2v) is 15.0. The van der Waals surface area contributed by atoms with Gasteiger partial charge in [-0.25, -0.2) is 38.8 Å². The van der Waals surface area contributed by atoms with Crippen LogP contribution in [0.1, 0.15) is 17.4 Å². The summed E-state index contributed by atoms with van der Waals surface area (Å²) in [5.41, 5.74) is 6.81. The number of aryl methyl sites for hydroxylation is 2. The fraction of sp³-hybridized carbons (Fsp3) is 0.444. The van der Waals surface area contributed by atoms with Crippen LogP contribution in [0.3, 0.4) is 0 Å². The second kappa shape index (κ2) is 18.8. The molecule has 0 spiro atoms. The van der Waals surface area contributed by atoms with Gasteiger partial charge in [0.05, 0.1) is 43.1 Å². The number of fused-ring (bicyclic) bond motifs is 3. The monoisotopic (exact) mass is 847 g/mol. The summed E-state index contributed by atoms with van der Waals surface area (Å²) in [7, 11) is -11.3. The molecule has 10 N–H and O–H groups in total. The number of ether oxygens (including phenoxy) is 1. The Labute approximate surface area is 358 Å². The fourth-order valence-corrected chi connectivity index (χ4v) is 7.57. The molecule has 9 atom stereocenters. The van der Waals surface area contributed by atoms with Gasteiger partial charge in [-0.3, -0.25) is 18.5 Å². The Morgan fingerprint density at radius 3 is 2.38 bits per heavy atom. The molecule has 1 aromatic carbocycles. The number of hydrogen-bond acceptors (Lipinski definition) is 21. The average Bonchev–Trinajstić information content (AvgIpc) is 3.63. The maximum absolute atomic E-state index is 12.5. The summed E-state index contributed by atoms with van der Waals surface area (Å²) in [5, 5.41) is 64.9. The molecule has 0 amide bonds. The quantitative estimate of drug-likeness (QED) is 0.0328. The van der Waals surface area contributed by atoms with Gasteiger partial charge >= 0.3 is 66.9 Å². The Kier molecular flexibility index (Phi) is 16.2. The van der Waals surface area contributed by atoms with E-state index in [4.69, 9.17) is 10.5 Å². The van der Waals surface area contributed by atoms with Crippen molar-refractivity contribution in [1.82, 2.24) is 39.0 Å². The molecule has 6 rings (SSSR count). The number of nitrogens with zero attached hydrogens (tertiary/aromatic N) is 8. The number of anilines is 1. The van der Waals surface area contributed by atoms with Crippen molar-refractivity contribution in [2.75, 3.05) is 18.9 Å². The van der Waals surface area contributed by atoms with Crippen molar-refractivity contribution in [3.63, 3.8) is 0 Å². The van der Waals surface area contributed by atoms with E-state index in [1.165, 1.54) is 15.5 Å². The zero-order valence-corrected chi connectivity index (χ0v) is 35.7. The van der Waals surface area contributed by atoms with E-state index in [9.17, 15) is 54.4 Å². The van der Waals surface area contributed by atoms with Crippen LogP contribution >= 0.6 is 15.6 Å². The van der Waals surface area contributed by atoms with Crippen LogP contribution in [-0.2, 0) is 33.8 Å². The minimum atomic E-state index is -5.80. The summed E-state index contributed by atoms with van der Waals surface area (Å²) in [5.74, 6) is -0.260. The first-order chi connectivity index (χ1) is 24.9. The number of benzene rings is 1. The van der Waals surface area contributed by atoms with Crippen LogP contribution in [0.5, 0.6) is 6.01 Å². The molecule has 5 heterocycles. The van der Waals surface area contributed by atoms with Crippen LogP contribution in [0, 0.1) is 13.8 Å². The van der Waals surface area contributed by atoms with Crippen LogP contribution in [0.15, 0.2) is 29.6 Å². The van der Waals surface area contributed by atoms with Crippen LogP contribution in [-0.4, -0.2) is 125 Å². The smallest absolute Gasteiger partial charge is 0.844 e. The number of imidazole rings is 1. The summed E-state index contributed by atoms with van der Waals surface area (Å²) >= 11 is 0. The van der Waals surface area contributed by atoms with Gasteiger partial charge in [0.15, 0.2) is 29.2 Å². The molecule has 29 heteroatoms. The molecule has 294 valence electrons. The van der Waals surface area contributed by atoms with Gasteiger partial charge in [0.1, 0.15) is 48.5 Å². The number of aromatic nitrogens is 8. The zero-order valence-electron chi connectivity index (χ0n) is 29.9. The first kappa shape index (κ1) is 48.2. The number of hydrogen-bond donors (Lipinski definition) is 7. The summed E-state index contributed by atoms with van der Waals surface area (Å²) in [6, 6.07) is 2.12. The number of aliphatic hydroxyl groups excluding tert-OH is 5. The molecule has 3 aromatic rings. The molecule has 0 saturated carbocycles. The van der Waals surface area contributed by atoms with Gasteiger partial charge < -0.3 is 65.5 Å². The number of phosphoric acid groups is 2. The van der Waals surface area contributed by atoms with Gasteiger partial charge in [-0.05, 0) is 37.1 Å². The predicted octanol–water partition coefficient (Wildman–Crippen LogP) is -10.1. The molecular weight excluding hydrogens is 814 g/mol. The van der Waals surface area contributed by atoms with Crippen molar-refractivity contribution in [3.8, 4) is 17.5 Å². The molecule has 2 unspecified atom stereocenters. The van der Waals surface area contributed by atoms with Crippen molar-refractivity contribution >= 4 is 43.7 Å². The predicted molar refractivity (Wildman–Crippen MR) is 175 cm³/mol. The van der Waals surface area contributed by atoms with E-state index in [1.807, 2.05) is 0 Å². The Bertz CT molecular complexity index is 2310.